The van der Waals surface area contributed by atoms with E-state index in [4.69, 9.17) is 10.00 Å². The predicted octanol–water partition coefficient (Wildman–Crippen LogP) is 2.34. The molecular weight excluding hydrogens is 204 g/mol. The van der Waals surface area contributed by atoms with Crippen molar-refractivity contribution in [3.05, 3.63) is 23.4 Å². The first-order valence-electron chi connectivity index (χ1n) is 5.45. The summed E-state index contributed by atoms with van der Waals surface area (Å²) in [5, 5.41) is 9.02. The zero-order chi connectivity index (χ0) is 11.5. The fraction of sp³-hybridized carbons (Fsp3) is 0.500. The van der Waals surface area contributed by atoms with E-state index in [2.05, 4.69) is 6.07 Å². The molecule has 0 aromatic heterocycles. The molecule has 0 saturated carbocycles. The first kappa shape index (κ1) is 10.7. The second-order valence-electron chi connectivity index (χ2n) is 3.95. The summed E-state index contributed by atoms with van der Waals surface area (Å²) >= 11 is 0. The molecule has 1 aliphatic carbocycles. The number of hydrogen-bond donors (Lipinski definition) is 0. The Labute approximate surface area is 94.8 Å². The Balaban J connectivity index is 2.36. The van der Waals surface area contributed by atoms with Crippen LogP contribution in [0.2, 0.25) is 0 Å². The molecule has 1 unspecified atom stereocenters. The molecule has 1 aliphatic heterocycles. The summed E-state index contributed by atoms with van der Waals surface area (Å²) in [6.45, 7) is 0. The van der Waals surface area contributed by atoms with Gasteiger partial charge in [0.2, 0.25) is 0 Å². The van der Waals surface area contributed by atoms with Gasteiger partial charge < -0.3 is 4.74 Å². The lowest BCUT2D eigenvalue weighted by atomic mass is 9.91. The number of nitrogens with zero attached hydrogens (tertiary/aromatic N) is 2. The Hall–Kier alpha value is -1.76. The minimum Gasteiger partial charge on any atom is -0.452 e. The first-order chi connectivity index (χ1) is 7.77. The molecule has 0 N–H and O–H groups in total. The largest absolute Gasteiger partial charge is 0.452 e. The van der Waals surface area contributed by atoms with Crippen molar-refractivity contribution in [1.82, 2.24) is 4.90 Å². The highest BCUT2D eigenvalue weighted by atomic mass is 16.5. The van der Waals surface area contributed by atoms with Crippen molar-refractivity contribution >= 4 is 6.09 Å². The molecule has 16 heavy (non-hydrogen) atoms. The third-order valence-corrected chi connectivity index (χ3v) is 3.03. The molecule has 0 aromatic rings. The van der Waals surface area contributed by atoms with Crippen LogP contribution in [0.4, 0.5) is 4.79 Å². The quantitative estimate of drug-likeness (QED) is 0.627. The van der Waals surface area contributed by atoms with Crippen molar-refractivity contribution in [3.8, 4) is 6.07 Å². The number of allylic oxidation sites excluding steroid dienone is 3. The van der Waals surface area contributed by atoms with Gasteiger partial charge in [-0.1, -0.05) is 6.08 Å². The Kier molecular flexibility index (Phi) is 2.95. The molecule has 0 spiro atoms. The van der Waals surface area contributed by atoms with Crippen molar-refractivity contribution < 1.29 is 9.53 Å². The molecule has 4 heteroatoms. The third-order valence-electron chi connectivity index (χ3n) is 3.03. The van der Waals surface area contributed by atoms with E-state index in [0.717, 1.165) is 31.4 Å². The number of ether oxygens (including phenoxy) is 1. The number of amides is 1. The normalized spacial score (nSPS) is 23.8. The number of methoxy groups -OCH3 is 1. The third kappa shape index (κ3) is 1.69. The van der Waals surface area contributed by atoms with Crippen LogP contribution in [-0.2, 0) is 4.74 Å². The molecule has 0 fully saturated rings. The van der Waals surface area contributed by atoms with E-state index in [1.807, 2.05) is 6.08 Å². The van der Waals surface area contributed by atoms with Gasteiger partial charge in [-0.05, 0) is 37.3 Å². The maximum absolute atomic E-state index is 11.7. The van der Waals surface area contributed by atoms with Gasteiger partial charge >= 0.3 is 6.09 Å². The van der Waals surface area contributed by atoms with Gasteiger partial charge in [0.25, 0.3) is 0 Å². The van der Waals surface area contributed by atoms with Gasteiger partial charge in [0.05, 0.1) is 13.2 Å². The number of carbonyl (C=O) groups is 1. The minimum absolute atomic E-state index is 0.440. The average Bonchev–Trinajstić information content (AvgIpc) is 2.36. The lowest BCUT2D eigenvalue weighted by Crippen LogP contribution is -2.40. The van der Waals surface area contributed by atoms with Crippen LogP contribution in [0.15, 0.2) is 23.4 Å². The van der Waals surface area contributed by atoms with Crippen molar-refractivity contribution in [1.29, 1.82) is 5.26 Å². The zero-order valence-electron chi connectivity index (χ0n) is 9.27. The van der Waals surface area contributed by atoms with Crippen LogP contribution in [0.5, 0.6) is 0 Å². The van der Waals surface area contributed by atoms with E-state index in [-0.39, 0.29) is 0 Å². The van der Waals surface area contributed by atoms with Gasteiger partial charge in [0.1, 0.15) is 6.04 Å². The predicted molar refractivity (Wildman–Crippen MR) is 58.3 cm³/mol. The molecule has 0 aromatic carbocycles. The SMILES string of the molecule is COC(=O)N1C2=C(C=CC1C#N)CCCC2. The lowest BCUT2D eigenvalue weighted by Gasteiger charge is -2.33. The van der Waals surface area contributed by atoms with Gasteiger partial charge in [0.15, 0.2) is 0 Å². The van der Waals surface area contributed by atoms with Gasteiger partial charge in [-0.25, -0.2) is 4.79 Å². The lowest BCUT2D eigenvalue weighted by molar-refractivity contribution is 0.130. The fourth-order valence-electron chi connectivity index (χ4n) is 2.25. The minimum atomic E-state index is -0.524. The van der Waals surface area contributed by atoms with Crippen LogP contribution in [0.25, 0.3) is 0 Å². The summed E-state index contributed by atoms with van der Waals surface area (Å²) in [5.74, 6) is 0. The molecule has 1 heterocycles. The maximum atomic E-state index is 11.7. The van der Waals surface area contributed by atoms with Crippen LogP contribution in [0.1, 0.15) is 25.7 Å². The summed E-state index contributed by atoms with van der Waals surface area (Å²) in [7, 11) is 1.35. The molecule has 84 valence electrons. The first-order valence-corrected chi connectivity index (χ1v) is 5.45. The molecular formula is C12H14N2O2. The van der Waals surface area contributed by atoms with E-state index < -0.39 is 12.1 Å². The monoisotopic (exact) mass is 218 g/mol. The standard InChI is InChI=1S/C12H14N2O2/c1-16-12(15)14-10(8-13)7-6-9-4-2-3-5-11(9)14/h6-7,10H,2-5H2,1H3. The highest BCUT2D eigenvalue weighted by molar-refractivity contribution is 5.72. The Morgan fingerprint density at radius 2 is 2.31 bits per heavy atom. The highest BCUT2D eigenvalue weighted by Crippen LogP contribution is 2.33. The summed E-state index contributed by atoms with van der Waals surface area (Å²) in [4.78, 5) is 13.2. The average molecular weight is 218 g/mol. The smallest absolute Gasteiger partial charge is 0.415 e. The van der Waals surface area contributed by atoms with E-state index in [1.54, 1.807) is 6.08 Å². The topological polar surface area (TPSA) is 53.3 Å². The summed E-state index contributed by atoms with van der Waals surface area (Å²) in [5.41, 5.74) is 2.13. The molecule has 0 radical (unpaired) electrons. The van der Waals surface area contributed by atoms with Crippen LogP contribution >= 0.6 is 0 Å². The Morgan fingerprint density at radius 3 is 3.00 bits per heavy atom. The molecule has 2 rings (SSSR count). The van der Waals surface area contributed by atoms with E-state index >= 15 is 0 Å². The van der Waals surface area contributed by atoms with Gasteiger partial charge in [-0.15, -0.1) is 0 Å². The zero-order valence-corrected chi connectivity index (χ0v) is 9.27. The van der Waals surface area contributed by atoms with E-state index in [1.165, 1.54) is 17.6 Å². The van der Waals surface area contributed by atoms with Crippen LogP contribution in [0, 0.1) is 11.3 Å². The van der Waals surface area contributed by atoms with E-state index in [0.29, 0.717) is 0 Å². The van der Waals surface area contributed by atoms with Crippen LogP contribution in [0.3, 0.4) is 0 Å². The molecule has 0 bridgehead atoms. The van der Waals surface area contributed by atoms with Crippen molar-refractivity contribution in [2.24, 2.45) is 0 Å². The number of carbonyl (C=O) groups excluding carboxylic acids is 1. The highest BCUT2D eigenvalue weighted by Gasteiger charge is 2.31. The molecule has 0 saturated heterocycles. The molecule has 1 amide bonds. The maximum Gasteiger partial charge on any atom is 0.415 e. The fourth-order valence-corrected chi connectivity index (χ4v) is 2.25. The van der Waals surface area contributed by atoms with Crippen molar-refractivity contribution in [2.75, 3.05) is 7.11 Å². The summed E-state index contributed by atoms with van der Waals surface area (Å²) < 4.78 is 4.74. The Morgan fingerprint density at radius 1 is 1.56 bits per heavy atom. The van der Waals surface area contributed by atoms with Crippen LogP contribution < -0.4 is 0 Å². The number of rotatable bonds is 0. The second kappa shape index (κ2) is 4.40. The summed E-state index contributed by atoms with van der Waals surface area (Å²) in [6, 6.07) is 1.58. The number of hydrogen-bond acceptors (Lipinski definition) is 3. The number of nitriles is 1. The van der Waals surface area contributed by atoms with E-state index in [9.17, 15) is 4.79 Å². The molecule has 1 atom stereocenters. The molecule has 4 nitrogen and oxygen atoms in total. The van der Waals surface area contributed by atoms with Gasteiger partial charge in [-0.3, -0.25) is 4.90 Å². The van der Waals surface area contributed by atoms with Gasteiger partial charge in [-0.2, -0.15) is 5.26 Å². The van der Waals surface area contributed by atoms with Crippen molar-refractivity contribution in [2.45, 2.75) is 31.7 Å². The second-order valence-corrected chi connectivity index (χ2v) is 3.95. The Bertz CT molecular complexity index is 404. The van der Waals surface area contributed by atoms with Gasteiger partial charge in [0, 0.05) is 5.70 Å². The summed E-state index contributed by atoms with van der Waals surface area (Å²) in [6.07, 6.45) is 7.35. The van der Waals surface area contributed by atoms with Crippen LogP contribution in [-0.4, -0.2) is 24.1 Å². The van der Waals surface area contributed by atoms with Crippen molar-refractivity contribution in [3.63, 3.8) is 0 Å². The molecule has 2 aliphatic rings.